The summed E-state index contributed by atoms with van der Waals surface area (Å²) in [6.07, 6.45) is 0.859. The highest BCUT2D eigenvalue weighted by molar-refractivity contribution is 7.92. The second-order valence-corrected chi connectivity index (χ2v) is 13.5. The van der Waals surface area contributed by atoms with E-state index in [1.165, 1.54) is 24.1 Å². The molecule has 2 atom stereocenters. The Hall–Kier alpha value is -4.05. The van der Waals surface area contributed by atoms with Gasteiger partial charge in [0.25, 0.3) is 10.0 Å². The molecule has 11 heteroatoms. The maximum Gasteiger partial charge on any atom is 0.264 e. The lowest BCUT2D eigenvalue weighted by atomic mass is 10.0. The summed E-state index contributed by atoms with van der Waals surface area (Å²) in [6, 6.07) is 27.5. The van der Waals surface area contributed by atoms with Crippen LogP contribution < -0.4 is 14.4 Å². The molecule has 0 saturated heterocycles. The average Bonchev–Trinajstić information content (AvgIpc) is 3.06. The molecule has 242 valence electrons. The van der Waals surface area contributed by atoms with Gasteiger partial charge in [0, 0.05) is 29.1 Å². The zero-order valence-electron chi connectivity index (χ0n) is 25.9. The van der Waals surface area contributed by atoms with Crippen LogP contribution in [0.1, 0.15) is 31.4 Å². The Morgan fingerprint density at radius 1 is 0.891 bits per heavy atom. The number of hydrogen-bond acceptors (Lipinski definition) is 5. The number of halogens is 2. The van der Waals surface area contributed by atoms with E-state index in [4.69, 9.17) is 27.9 Å². The Labute approximate surface area is 280 Å². The van der Waals surface area contributed by atoms with Gasteiger partial charge in [-0.05, 0) is 60.9 Å². The Kier molecular flexibility index (Phi) is 12.1. The van der Waals surface area contributed by atoms with E-state index in [0.717, 1.165) is 9.87 Å². The Bertz CT molecular complexity index is 1740. The van der Waals surface area contributed by atoms with E-state index in [0.29, 0.717) is 22.0 Å². The Morgan fingerprint density at radius 2 is 1.52 bits per heavy atom. The van der Waals surface area contributed by atoms with Crippen LogP contribution in [0.3, 0.4) is 0 Å². The van der Waals surface area contributed by atoms with Crippen molar-refractivity contribution in [2.45, 2.75) is 50.2 Å². The Morgan fingerprint density at radius 3 is 2.15 bits per heavy atom. The molecule has 0 aliphatic rings. The number of carbonyl (C=O) groups is 2. The lowest BCUT2D eigenvalue weighted by molar-refractivity contribution is -0.140. The highest BCUT2D eigenvalue weighted by atomic mass is 35.5. The van der Waals surface area contributed by atoms with Crippen molar-refractivity contribution in [3.8, 4) is 5.75 Å². The molecule has 4 aromatic rings. The standard InChI is InChI=1S/C35H37Cl2N3O5S/c1-4-25(2)38-35(42)32(21-26-13-7-5-8-14-26)39(23-27-19-20-28(36)22-30(27)37)34(41)24-40(31-17-11-12-18-33(31)45-3)46(43,44)29-15-9-6-10-16-29/h5-20,22,25,32H,4,21,23-24H2,1-3H3,(H,38,42)/t25-,32-/m0/s1. The summed E-state index contributed by atoms with van der Waals surface area (Å²) in [5.74, 6) is -0.722. The second kappa shape index (κ2) is 16.0. The second-order valence-electron chi connectivity index (χ2n) is 10.8. The molecule has 0 aliphatic carbocycles. The first kappa shape index (κ1) is 34.8. The minimum Gasteiger partial charge on any atom is -0.495 e. The van der Waals surface area contributed by atoms with Crippen LogP contribution in [0.15, 0.2) is 108 Å². The number of amides is 2. The lowest BCUT2D eigenvalue weighted by Crippen LogP contribution is -2.54. The molecule has 4 rings (SSSR count). The Balaban J connectivity index is 1.85. The third-order valence-corrected chi connectivity index (χ3v) is 9.95. The molecule has 0 bridgehead atoms. The predicted molar refractivity (Wildman–Crippen MR) is 183 cm³/mol. The average molecular weight is 683 g/mol. The summed E-state index contributed by atoms with van der Waals surface area (Å²) in [6.45, 7) is 3.14. The zero-order valence-corrected chi connectivity index (χ0v) is 28.2. The van der Waals surface area contributed by atoms with Crippen LogP contribution in [0.4, 0.5) is 5.69 Å². The summed E-state index contributed by atoms with van der Waals surface area (Å²) in [4.78, 5) is 30.0. The molecule has 0 unspecified atom stereocenters. The van der Waals surface area contributed by atoms with E-state index in [9.17, 15) is 18.0 Å². The molecule has 0 saturated carbocycles. The van der Waals surface area contributed by atoms with Gasteiger partial charge in [0.15, 0.2) is 0 Å². The number of methoxy groups -OCH3 is 1. The van der Waals surface area contributed by atoms with Crippen LogP contribution in [0.5, 0.6) is 5.75 Å². The van der Waals surface area contributed by atoms with Crippen molar-refractivity contribution in [3.05, 3.63) is 124 Å². The van der Waals surface area contributed by atoms with Crippen molar-refractivity contribution < 1.29 is 22.7 Å². The highest BCUT2D eigenvalue weighted by Crippen LogP contribution is 2.33. The van der Waals surface area contributed by atoms with Gasteiger partial charge in [0.1, 0.15) is 18.3 Å². The molecule has 46 heavy (non-hydrogen) atoms. The highest BCUT2D eigenvalue weighted by Gasteiger charge is 2.36. The molecule has 0 radical (unpaired) electrons. The van der Waals surface area contributed by atoms with Crippen LogP contribution in [0, 0.1) is 0 Å². The van der Waals surface area contributed by atoms with Crippen LogP contribution >= 0.6 is 23.2 Å². The van der Waals surface area contributed by atoms with Crippen molar-refractivity contribution in [2.75, 3.05) is 18.0 Å². The van der Waals surface area contributed by atoms with Gasteiger partial charge in [0.05, 0.1) is 17.7 Å². The van der Waals surface area contributed by atoms with E-state index < -0.39 is 28.5 Å². The van der Waals surface area contributed by atoms with Gasteiger partial charge in [0.2, 0.25) is 11.8 Å². The van der Waals surface area contributed by atoms with Gasteiger partial charge in [-0.25, -0.2) is 8.42 Å². The fraction of sp³-hybridized carbons (Fsp3) is 0.257. The van der Waals surface area contributed by atoms with Crippen LogP contribution in [-0.4, -0.2) is 50.9 Å². The number of nitrogens with one attached hydrogen (secondary N) is 1. The molecule has 0 aromatic heterocycles. The fourth-order valence-electron chi connectivity index (χ4n) is 4.90. The van der Waals surface area contributed by atoms with E-state index in [-0.39, 0.29) is 41.2 Å². The zero-order chi connectivity index (χ0) is 33.3. The monoisotopic (exact) mass is 681 g/mol. The SMILES string of the molecule is CC[C@H](C)NC(=O)[C@H](Cc1ccccc1)N(Cc1ccc(Cl)cc1Cl)C(=O)CN(c1ccccc1OC)S(=O)(=O)c1ccccc1. The summed E-state index contributed by atoms with van der Waals surface area (Å²) < 4.78 is 34.9. The van der Waals surface area contributed by atoms with Gasteiger partial charge in [-0.2, -0.15) is 0 Å². The van der Waals surface area contributed by atoms with Crippen LogP contribution in [0.25, 0.3) is 0 Å². The van der Waals surface area contributed by atoms with Gasteiger partial charge >= 0.3 is 0 Å². The topological polar surface area (TPSA) is 96.0 Å². The number of benzene rings is 4. The largest absolute Gasteiger partial charge is 0.495 e. The molecular weight excluding hydrogens is 645 g/mol. The molecule has 0 fully saturated rings. The number of para-hydroxylation sites is 2. The minimum absolute atomic E-state index is 0.00338. The summed E-state index contributed by atoms with van der Waals surface area (Å²) >= 11 is 12.7. The van der Waals surface area contributed by atoms with E-state index >= 15 is 0 Å². The summed E-state index contributed by atoms with van der Waals surface area (Å²) in [5.41, 5.74) is 1.55. The first-order chi connectivity index (χ1) is 22.0. The van der Waals surface area contributed by atoms with Crippen molar-refractivity contribution >= 4 is 50.7 Å². The van der Waals surface area contributed by atoms with Gasteiger partial charge < -0.3 is 15.0 Å². The predicted octanol–water partition coefficient (Wildman–Crippen LogP) is 6.75. The summed E-state index contributed by atoms with van der Waals surface area (Å²) in [7, 11) is -2.84. The molecule has 4 aromatic carbocycles. The molecule has 0 heterocycles. The van der Waals surface area contributed by atoms with Crippen molar-refractivity contribution in [1.29, 1.82) is 0 Å². The van der Waals surface area contributed by atoms with Crippen LogP contribution in [-0.2, 0) is 32.6 Å². The molecular formula is C35H37Cl2N3O5S. The number of ether oxygens (including phenoxy) is 1. The number of hydrogen-bond donors (Lipinski definition) is 1. The molecule has 0 aliphatic heterocycles. The number of nitrogens with zero attached hydrogens (tertiary/aromatic N) is 2. The quantitative estimate of drug-likeness (QED) is 0.159. The molecule has 8 nitrogen and oxygen atoms in total. The van der Waals surface area contributed by atoms with Crippen molar-refractivity contribution in [3.63, 3.8) is 0 Å². The summed E-state index contributed by atoms with van der Waals surface area (Å²) in [5, 5.41) is 3.74. The van der Waals surface area contributed by atoms with Crippen molar-refractivity contribution in [1.82, 2.24) is 10.2 Å². The van der Waals surface area contributed by atoms with E-state index in [2.05, 4.69) is 5.32 Å². The van der Waals surface area contributed by atoms with Crippen LogP contribution in [0.2, 0.25) is 10.0 Å². The molecule has 1 N–H and O–H groups in total. The normalized spacial score (nSPS) is 12.5. The van der Waals surface area contributed by atoms with Crippen molar-refractivity contribution in [2.24, 2.45) is 0 Å². The minimum atomic E-state index is -4.27. The molecule has 0 spiro atoms. The maximum atomic E-state index is 14.6. The lowest BCUT2D eigenvalue weighted by Gasteiger charge is -2.34. The third-order valence-electron chi connectivity index (χ3n) is 7.59. The number of sulfonamides is 1. The first-order valence-corrected chi connectivity index (χ1v) is 17.0. The number of rotatable bonds is 14. The number of carbonyl (C=O) groups excluding carboxylic acids is 2. The van der Waals surface area contributed by atoms with E-state index in [1.54, 1.807) is 60.7 Å². The first-order valence-electron chi connectivity index (χ1n) is 14.8. The van der Waals surface area contributed by atoms with Gasteiger partial charge in [-0.3, -0.25) is 13.9 Å². The van der Waals surface area contributed by atoms with Gasteiger partial charge in [-0.1, -0.05) is 96.9 Å². The van der Waals surface area contributed by atoms with E-state index in [1.807, 2.05) is 44.2 Å². The third kappa shape index (κ3) is 8.60. The smallest absolute Gasteiger partial charge is 0.264 e. The van der Waals surface area contributed by atoms with Gasteiger partial charge in [-0.15, -0.1) is 0 Å². The maximum absolute atomic E-state index is 14.6. The molecule has 2 amide bonds. The fourth-order valence-corrected chi connectivity index (χ4v) is 6.81. The number of anilines is 1.